The van der Waals surface area contributed by atoms with Gasteiger partial charge < -0.3 is 19.5 Å². The first-order valence-corrected chi connectivity index (χ1v) is 12.2. The fraction of sp³-hybridized carbons (Fsp3) is 0.435. The van der Waals surface area contributed by atoms with E-state index in [0.717, 1.165) is 11.8 Å². The number of sulfonamides is 1. The zero-order chi connectivity index (χ0) is 23.5. The van der Waals surface area contributed by atoms with Crippen LogP contribution in [0.25, 0.3) is 0 Å². The molecule has 8 nitrogen and oxygen atoms in total. The lowest BCUT2D eigenvalue weighted by Gasteiger charge is -2.35. The summed E-state index contributed by atoms with van der Waals surface area (Å²) < 4.78 is 42.9. The number of methoxy groups -OCH3 is 1. The Bertz CT molecular complexity index is 1080. The Morgan fingerprint density at radius 2 is 1.88 bits per heavy atom. The molecule has 0 radical (unpaired) electrons. The monoisotopic (exact) mass is 462 g/mol. The van der Waals surface area contributed by atoms with Crippen molar-refractivity contribution in [2.24, 2.45) is 0 Å². The van der Waals surface area contributed by atoms with Crippen molar-refractivity contribution in [1.29, 1.82) is 0 Å². The second-order valence-corrected chi connectivity index (χ2v) is 10.5. The number of benzene rings is 2. The van der Waals surface area contributed by atoms with E-state index in [1.807, 2.05) is 45.0 Å². The largest absolute Gasteiger partial charge is 0.493 e. The molecule has 174 valence electrons. The molecule has 3 rings (SSSR count). The van der Waals surface area contributed by atoms with Crippen LogP contribution in [0.2, 0.25) is 0 Å². The van der Waals surface area contributed by atoms with Crippen molar-refractivity contribution in [1.82, 2.24) is 5.32 Å². The van der Waals surface area contributed by atoms with Gasteiger partial charge in [-0.2, -0.15) is 0 Å². The van der Waals surface area contributed by atoms with E-state index in [2.05, 4.69) is 5.32 Å². The summed E-state index contributed by atoms with van der Waals surface area (Å²) >= 11 is 0. The van der Waals surface area contributed by atoms with Crippen LogP contribution in [-0.2, 0) is 20.2 Å². The number of para-hydroxylation sites is 2. The molecule has 0 saturated carbocycles. The van der Waals surface area contributed by atoms with Crippen molar-refractivity contribution in [2.45, 2.75) is 32.3 Å². The molecule has 2 aromatic carbocycles. The van der Waals surface area contributed by atoms with Gasteiger partial charge in [-0.25, -0.2) is 8.42 Å². The van der Waals surface area contributed by atoms with Gasteiger partial charge in [0.15, 0.2) is 17.6 Å². The number of hydrogen-bond acceptors (Lipinski definition) is 6. The van der Waals surface area contributed by atoms with Gasteiger partial charge in [0.2, 0.25) is 10.0 Å². The fourth-order valence-corrected chi connectivity index (χ4v) is 4.26. The lowest BCUT2D eigenvalue weighted by atomic mass is 9.86. The fourth-order valence-electron chi connectivity index (χ4n) is 3.36. The molecule has 1 unspecified atom stereocenters. The highest BCUT2D eigenvalue weighted by molar-refractivity contribution is 7.92. The van der Waals surface area contributed by atoms with Crippen LogP contribution in [0.5, 0.6) is 17.2 Å². The first-order valence-electron chi connectivity index (χ1n) is 10.3. The lowest BCUT2D eigenvalue weighted by molar-refractivity contribution is -0.127. The summed E-state index contributed by atoms with van der Waals surface area (Å²) in [5, 5.41) is 2.75. The number of rotatable bonds is 7. The minimum Gasteiger partial charge on any atom is -0.493 e. The molecular formula is C23H30N2O6S. The molecule has 0 aromatic heterocycles. The highest BCUT2D eigenvalue weighted by Crippen LogP contribution is 2.38. The van der Waals surface area contributed by atoms with Crippen LogP contribution >= 0.6 is 0 Å². The number of ether oxygens (including phenoxy) is 3. The molecule has 1 aliphatic rings. The lowest BCUT2D eigenvalue weighted by Crippen LogP contribution is -2.51. The first kappa shape index (κ1) is 23.7. The third kappa shape index (κ3) is 5.45. The van der Waals surface area contributed by atoms with Crippen molar-refractivity contribution in [3.63, 3.8) is 0 Å². The van der Waals surface area contributed by atoms with Crippen LogP contribution in [0.15, 0.2) is 42.5 Å². The number of carbonyl (C=O) groups excluding carboxylic acids is 1. The van der Waals surface area contributed by atoms with Crippen LogP contribution in [0, 0.1) is 0 Å². The number of nitrogens with zero attached hydrogens (tertiary/aromatic N) is 1. The van der Waals surface area contributed by atoms with Crippen LogP contribution in [-0.4, -0.2) is 53.5 Å². The molecule has 1 N–H and O–H groups in total. The Labute approximate surface area is 189 Å². The Morgan fingerprint density at radius 3 is 2.50 bits per heavy atom. The van der Waals surface area contributed by atoms with Crippen molar-refractivity contribution < 1.29 is 27.4 Å². The summed E-state index contributed by atoms with van der Waals surface area (Å²) in [4.78, 5) is 12.7. The number of hydrogen-bond donors (Lipinski definition) is 1. The van der Waals surface area contributed by atoms with Crippen molar-refractivity contribution in [2.75, 3.05) is 37.4 Å². The van der Waals surface area contributed by atoms with Crippen molar-refractivity contribution in [3.05, 3.63) is 48.0 Å². The molecule has 0 aliphatic carbocycles. The quantitative estimate of drug-likeness (QED) is 0.636. The van der Waals surface area contributed by atoms with E-state index >= 15 is 0 Å². The van der Waals surface area contributed by atoms with Crippen LogP contribution < -0.4 is 23.8 Å². The van der Waals surface area contributed by atoms with E-state index in [-0.39, 0.29) is 25.1 Å². The Hall–Kier alpha value is -2.94. The first-order chi connectivity index (χ1) is 15.0. The van der Waals surface area contributed by atoms with E-state index in [4.69, 9.17) is 14.2 Å². The average Bonchev–Trinajstić information content (AvgIpc) is 2.74. The van der Waals surface area contributed by atoms with E-state index < -0.39 is 22.0 Å². The van der Waals surface area contributed by atoms with Gasteiger partial charge in [0.05, 0.1) is 32.1 Å². The van der Waals surface area contributed by atoms with E-state index in [0.29, 0.717) is 22.9 Å². The molecule has 9 heteroatoms. The second kappa shape index (κ2) is 9.28. The third-order valence-electron chi connectivity index (χ3n) is 5.12. The van der Waals surface area contributed by atoms with Gasteiger partial charge in [-0.3, -0.25) is 9.10 Å². The molecule has 0 saturated heterocycles. The van der Waals surface area contributed by atoms with E-state index in [1.54, 1.807) is 25.3 Å². The Kier molecular flexibility index (Phi) is 6.88. The standard InChI is InChI=1S/C23H30N2O6S/c1-23(2,3)16-10-11-18-17(14-16)25(32(5,27)28)15-21(31-18)22(26)24-12-13-30-20-9-7-6-8-19(20)29-4/h6-11,14,21H,12-13,15H2,1-5H3,(H,24,26). The maximum atomic E-state index is 12.7. The van der Waals surface area contributed by atoms with Crippen LogP contribution in [0.3, 0.4) is 0 Å². The minimum atomic E-state index is -3.60. The smallest absolute Gasteiger partial charge is 0.263 e. The molecule has 1 amide bonds. The third-order valence-corrected chi connectivity index (χ3v) is 6.26. The molecule has 1 heterocycles. The summed E-state index contributed by atoms with van der Waals surface area (Å²) in [6, 6.07) is 12.6. The number of nitrogens with one attached hydrogen (secondary N) is 1. The number of anilines is 1. The number of fused-ring (bicyclic) bond motifs is 1. The molecule has 0 bridgehead atoms. The summed E-state index contributed by atoms with van der Waals surface area (Å²) in [5.41, 5.74) is 1.27. The van der Waals surface area contributed by atoms with Gasteiger partial charge in [-0.15, -0.1) is 0 Å². The van der Waals surface area contributed by atoms with Crippen molar-refractivity contribution in [3.8, 4) is 17.2 Å². The SMILES string of the molecule is COc1ccccc1OCCNC(=O)C1CN(S(C)(=O)=O)c2cc(C(C)(C)C)ccc2O1. The predicted molar refractivity (Wildman–Crippen MR) is 123 cm³/mol. The predicted octanol–water partition coefficient (Wildman–Crippen LogP) is 2.71. The highest BCUT2D eigenvalue weighted by Gasteiger charge is 2.35. The molecule has 32 heavy (non-hydrogen) atoms. The molecule has 2 aromatic rings. The summed E-state index contributed by atoms with van der Waals surface area (Å²) in [7, 11) is -2.05. The Morgan fingerprint density at radius 1 is 1.19 bits per heavy atom. The highest BCUT2D eigenvalue weighted by atomic mass is 32.2. The van der Waals surface area contributed by atoms with E-state index in [1.165, 1.54) is 4.31 Å². The summed E-state index contributed by atoms with van der Waals surface area (Å²) in [6.45, 7) is 6.50. The van der Waals surface area contributed by atoms with E-state index in [9.17, 15) is 13.2 Å². The van der Waals surface area contributed by atoms with Gasteiger partial charge in [0.1, 0.15) is 12.4 Å². The summed E-state index contributed by atoms with van der Waals surface area (Å²) in [6.07, 6.45) is 0.158. The molecule has 1 aliphatic heterocycles. The van der Waals surface area contributed by atoms with Crippen LogP contribution in [0.4, 0.5) is 5.69 Å². The second-order valence-electron chi connectivity index (χ2n) is 8.62. The normalized spacial score (nSPS) is 16.0. The maximum absolute atomic E-state index is 12.7. The molecule has 1 atom stereocenters. The van der Waals surface area contributed by atoms with Crippen LogP contribution in [0.1, 0.15) is 26.3 Å². The van der Waals surface area contributed by atoms with Gasteiger partial charge >= 0.3 is 0 Å². The molecule has 0 spiro atoms. The van der Waals surface area contributed by atoms with Gasteiger partial charge in [-0.05, 0) is 35.2 Å². The molecular weight excluding hydrogens is 432 g/mol. The molecule has 0 fully saturated rings. The van der Waals surface area contributed by atoms with Gasteiger partial charge in [0.25, 0.3) is 5.91 Å². The maximum Gasteiger partial charge on any atom is 0.263 e. The Balaban J connectivity index is 1.68. The zero-order valence-electron chi connectivity index (χ0n) is 19.0. The van der Waals surface area contributed by atoms with Crippen molar-refractivity contribution >= 4 is 21.6 Å². The summed E-state index contributed by atoms with van der Waals surface area (Å²) in [5.74, 6) is 1.13. The number of amides is 1. The van der Waals surface area contributed by atoms with Gasteiger partial charge in [-0.1, -0.05) is 39.0 Å². The topological polar surface area (TPSA) is 94.2 Å². The zero-order valence-corrected chi connectivity index (χ0v) is 19.9. The van der Waals surface area contributed by atoms with Gasteiger partial charge in [0, 0.05) is 0 Å². The average molecular weight is 463 g/mol. The number of carbonyl (C=O) groups is 1. The minimum absolute atomic E-state index is 0.0986.